The molecular formula is C50H72N6O5. The maximum atomic E-state index is 12.8. The summed E-state index contributed by atoms with van der Waals surface area (Å²) in [5.74, 6) is -1.28. The van der Waals surface area contributed by atoms with Crippen LogP contribution < -0.4 is 22.5 Å². The molecule has 0 spiro atoms. The van der Waals surface area contributed by atoms with Crippen LogP contribution in [0.3, 0.4) is 0 Å². The zero-order valence-electron chi connectivity index (χ0n) is 38.2. The number of nitrogens with one attached hydrogen (secondary N) is 1. The van der Waals surface area contributed by atoms with Gasteiger partial charge in [0.2, 0.25) is 17.7 Å². The van der Waals surface area contributed by atoms with Crippen molar-refractivity contribution in [2.75, 3.05) is 41.3 Å². The Hall–Kier alpha value is -5.36. The number of nitrogens with zero attached hydrogens (tertiary/aromatic N) is 2. The molecule has 0 heterocycles. The summed E-state index contributed by atoms with van der Waals surface area (Å²) < 4.78 is 0. The van der Waals surface area contributed by atoms with Crippen LogP contribution in [0.5, 0.6) is 0 Å². The molecule has 0 saturated heterocycles. The van der Waals surface area contributed by atoms with Crippen molar-refractivity contribution >= 4 is 23.7 Å². The van der Waals surface area contributed by atoms with E-state index in [0.717, 1.165) is 29.5 Å². The fourth-order valence-electron chi connectivity index (χ4n) is 6.95. The van der Waals surface area contributed by atoms with Crippen molar-refractivity contribution in [1.29, 1.82) is 0 Å². The molecule has 4 rings (SSSR count). The highest BCUT2D eigenvalue weighted by Crippen LogP contribution is 2.38. The van der Waals surface area contributed by atoms with Gasteiger partial charge in [0.15, 0.2) is 0 Å². The third-order valence-electron chi connectivity index (χ3n) is 11.0. The summed E-state index contributed by atoms with van der Waals surface area (Å²) in [7, 11) is 8.04. The Morgan fingerprint density at radius 2 is 0.934 bits per heavy atom. The van der Waals surface area contributed by atoms with Gasteiger partial charge in [-0.1, -0.05) is 126 Å². The van der Waals surface area contributed by atoms with E-state index in [1.165, 1.54) is 5.56 Å². The summed E-state index contributed by atoms with van der Waals surface area (Å²) in [6, 6.07) is 35.3. The molecule has 4 aromatic carbocycles. The number of carbonyl (C=O) groups is 4. The van der Waals surface area contributed by atoms with Gasteiger partial charge in [0.05, 0.1) is 6.42 Å². The third-order valence-corrected chi connectivity index (χ3v) is 11.0. The zero-order chi connectivity index (χ0) is 45.9. The number of rotatable bonds is 17. The molecule has 0 aliphatic carbocycles. The van der Waals surface area contributed by atoms with E-state index in [4.69, 9.17) is 22.3 Å². The van der Waals surface area contributed by atoms with E-state index >= 15 is 0 Å². The Bertz CT molecular complexity index is 1920. The van der Waals surface area contributed by atoms with Crippen LogP contribution in [0, 0.1) is 10.8 Å². The van der Waals surface area contributed by atoms with Crippen LogP contribution in [0.15, 0.2) is 109 Å². The number of carboxylic acid groups (broad SMARTS) is 1. The first-order valence-corrected chi connectivity index (χ1v) is 20.9. The van der Waals surface area contributed by atoms with Gasteiger partial charge in [0.25, 0.3) is 0 Å². The van der Waals surface area contributed by atoms with Gasteiger partial charge in [0.1, 0.15) is 0 Å². The van der Waals surface area contributed by atoms with Crippen LogP contribution in [-0.4, -0.2) is 92.0 Å². The monoisotopic (exact) mass is 837 g/mol. The SMILES string of the molecule is CC(C)(C)[C@@H](CC(=O)O)c1ccccc1.CN(C)[C@H](CN)Cc1ccc(C(N)=O)cc1.CN(C)[C@H](CNC(=O)C[C@@H](c1ccccc1)C(C)(C)C)Cc1ccc(C(N)=O)cc1. The quantitative estimate of drug-likeness (QED) is 0.0746. The number of hydrogen-bond acceptors (Lipinski definition) is 7. The zero-order valence-corrected chi connectivity index (χ0v) is 38.2. The molecule has 0 saturated carbocycles. The molecule has 0 aromatic heterocycles. The molecule has 3 amide bonds. The Balaban J connectivity index is 0.000000348. The van der Waals surface area contributed by atoms with Gasteiger partial charge in [-0.3, -0.25) is 19.2 Å². The fourth-order valence-corrected chi connectivity index (χ4v) is 6.95. The molecule has 0 unspecified atom stereocenters. The van der Waals surface area contributed by atoms with Gasteiger partial charge in [-0.25, -0.2) is 0 Å². The minimum Gasteiger partial charge on any atom is -0.481 e. The lowest BCUT2D eigenvalue weighted by atomic mass is 9.74. The van der Waals surface area contributed by atoms with Crippen LogP contribution in [-0.2, 0) is 22.4 Å². The average molecular weight is 837 g/mol. The second-order valence-corrected chi connectivity index (χ2v) is 18.3. The van der Waals surface area contributed by atoms with Gasteiger partial charge in [-0.05, 0) is 110 Å². The van der Waals surface area contributed by atoms with Crippen molar-refractivity contribution in [3.05, 3.63) is 143 Å². The maximum absolute atomic E-state index is 12.8. The van der Waals surface area contributed by atoms with E-state index in [0.29, 0.717) is 36.7 Å². The Labute approximate surface area is 365 Å². The third kappa shape index (κ3) is 18.8. The number of likely N-dealkylation sites (N-methyl/N-ethyl adjacent to an activating group) is 2. The first-order valence-electron chi connectivity index (χ1n) is 20.9. The van der Waals surface area contributed by atoms with E-state index in [9.17, 15) is 19.2 Å². The lowest BCUT2D eigenvalue weighted by Crippen LogP contribution is -2.42. The second-order valence-electron chi connectivity index (χ2n) is 18.3. The number of benzene rings is 4. The number of carbonyl (C=O) groups excluding carboxylic acids is 3. The fraction of sp³-hybridized carbons (Fsp3) is 0.440. The van der Waals surface area contributed by atoms with Gasteiger partial charge < -0.3 is 37.4 Å². The molecule has 332 valence electrons. The molecule has 0 radical (unpaired) electrons. The maximum Gasteiger partial charge on any atom is 0.303 e. The Morgan fingerprint density at radius 1 is 0.574 bits per heavy atom. The largest absolute Gasteiger partial charge is 0.481 e. The molecule has 4 atom stereocenters. The lowest BCUT2D eigenvalue weighted by molar-refractivity contribution is -0.138. The summed E-state index contributed by atoms with van der Waals surface area (Å²) in [6.45, 7) is 13.9. The van der Waals surface area contributed by atoms with Crippen molar-refractivity contribution < 1.29 is 24.3 Å². The normalized spacial score (nSPS) is 13.4. The highest BCUT2D eigenvalue weighted by molar-refractivity contribution is 5.93. The van der Waals surface area contributed by atoms with E-state index < -0.39 is 17.8 Å². The summed E-state index contributed by atoms with van der Waals surface area (Å²) in [5, 5.41) is 12.0. The summed E-state index contributed by atoms with van der Waals surface area (Å²) in [6.07, 6.45) is 2.30. The standard InChI is InChI=1S/C25H35N3O2.C13H18O2.C12H19N3O/c1-25(2,3)22(19-9-7-6-8-10-19)16-23(29)27-17-21(28(4)5)15-18-11-13-20(14-12-18)24(26)30;1-13(2,3)11(9-12(14)15)10-7-5-4-6-8-10;1-15(2)11(8-13)7-9-3-5-10(6-4-9)12(14)16/h6-14,21-22H,15-17H2,1-5H3,(H2,26,30)(H,27,29);4-8,11H,9H2,1-3H3,(H,14,15);3-6,11H,7-8,13H2,1-2H3,(H2,14,16)/t21-,22-;2*11-/m000/s1. The van der Waals surface area contributed by atoms with E-state index in [1.54, 1.807) is 24.3 Å². The molecular weight excluding hydrogens is 765 g/mol. The lowest BCUT2D eigenvalue weighted by Gasteiger charge is -2.31. The van der Waals surface area contributed by atoms with Crippen molar-refractivity contribution in [3.63, 3.8) is 0 Å². The van der Waals surface area contributed by atoms with Gasteiger partial charge >= 0.3 is 5.97 Å². The molecule has 11 heteroatoms. The van der Waals surface area contributed by atoms with Gasteiger partial charge in [0, 0.05) is 42.7 Å². The first-order chi connectivity index (χ1) is 28.5. The molecule has 61 heavy (non-hydrogen) atoms. The van der Waals surface area contributed by atoms with E-state index in [-0.39, 0.29) is 41.0 Å². The number of nitrogens with two attached hydrogens (primary N) is 3. The number of carboxylic acids is 1. The minimum atomic E-state index is -0.737. The number of amides is 3. The Morgan fingerprint density at radius 3 is 1.25 bits per heavy atom. The molecule has 0 bridgehead atoms. The van der Waals surface area contributed by atoms with Crippen molar-refractivity contribution in [2.45, 2.75) is 91.1 Å². The van der Waals surface area contributed by atoms with Crippen molar-refractivity contribution in [3.8, 4) is 0 Å². The van der Waals surface area contributed by atoms with Crippen LogP contribution in [0.1, 0.15) is 109 Å². The molecule has 0 aliphatic heterocycles. The molecule has 11 nitrogen and oxygen atoms in total. The van der Waals surface area contributed by atoms with E-state index in [2.05, 4.69) is 68.8 Å². The summed E-state index contributed by atoms with van der Waals surface area (Å²) >= 11 is 0. The van der Waals surface area contributed by atoms with Crippen LogP contribution in [0.4, 0.5) is 0 Å². The minimum absolute atomic E-state index is 0.0121. The highest BCUT2D eigenvalue weighted by atomic mass is 16.4. The average Bonchev–Trinajstić information content (AvgIpc) is 3.20. The second kappa shape index (κ2) is 24.8. The number of primary amides is 2. The molecule has 0 aliphatic rings. The summed E-state index contributed by atoms with van der Waals surface area (Å²) in [5.41, 5.74) is 21.7. The van der Waals surface area contributed by atoms with Crippen molar-refractivity contribution in [1.82, 2.24) is 15.1 Å². The van der Waals surface area contributed by atoms with Gasteiger partial charge in [-0.15, -0.1) is 0 Å². The predicted molar refractivity (Wildman–Crippen MR) is 248 cm³/mol. The number of hydrogen-bond donors (Lipinski definition) is 5. The first kappa shape index (κ1) is 51.8. The van der Waals surface area contributed by atoms with Crippen molar-refractivity contribution in [2.24, 2.45) is 28.0 Å². The van der Waals surface area contributed by atoms with Crippen LogP contribution in [0.25, 0.3) is 0 Å². The molecule has 4 aromatic rings. The highest BCUT2D eigenvalue weighted by Gasteiger charge is 2.29. The van der Waals surface area contributed by atoms with E-state index in [1.807, 2.05) is 101 Å². The van der Waals surface area contributed by atoms with Crippen LogP contribution in [0.2, 0.25) is 0 Å². The Kier molecular flexibility index (Phi) is 21.0. The topological polar surface area (TPSA) is 185 Å². The van der Waals surface area contributed by atoms with Gasteiger partial charge in [-0.2, -0.15) is 0 Å². The summed E-state index contributed by atoms with van der Waals surface area (Å²) in [4.78, 5) is 50.0. The number of aliphatic carboxylic acids is 1. The van der Waals surface area contributed by atoms with Crippen LogP contribution >= 0.6 is 0 Å². The predicted octanol–water partition coefficient (Wildman–Crippen LogP) is 7.10. The molecule has 0 fully saturated rings. The molecule has 8 N–H and O–H groups in total. The smallest absolute Gasteiger partial charge is 0.303 e.